The number of nitrogens with one attached hydrogen (secondary N) is 2. The van der Waals surface area contributed by atoms with Crippen molar-refractivity contribution in [2.24, 2.45) is 0 Å². The molecular formula is C14H9ClIN3O3S. The molecule has 0 spiro atoms. The van der Waals surface area contributed by atoms with Crippen LogP contribution >= 0.6 is 46.4 Å². The molecule has 1 amide bonds. The molecule has 0 fully saturated rings. The highest BCUT2D eigenvalue weighted by molar-refractivity contribution is 14.1. The maximum absolute atomic E-state index is 12.1. The van der Waals surface area contributed by atoms with Crippen LogP contribution in [0.15, 0.2) is 42.5 Å². The second kappa shape index (κ2) is 7.66. The zero-order valence-electron chi connectivity index (χ0n) is 11.4. The summed E-state index contributed by atoms with van der Waals surface area (Å²) >= 11 is 13.1. The number of rotatable bonds is 3. The van der Waals surface area contributed by atoms with Gasteiger partial charge in [-0.3, -0.25) is 20.2 Å². The first-order valence-electron chi connectivity index (χ1n) is 6.18. The lowest BCUT2D eigenvalue weighted by Gasteiger charge is -2.11. The van der Waals surface area contributed by atoms with Gasteiger partial charge >= 0.3 is 0 Å². The van der Waals surface area contributed by atoms with Crippen LogP contribution in [0.25, 0.3) is 0 Å². The molecule has 2 rings (SSSR count). The molecule has 6 nitrogen and oxygen atoms in total. The molecule has 23 heavy (non-hydrogen) atoms. The minimum absolute atomic E-state index is 0.00346. The first-order valence-corrected chi connectivity index (χ1v) is 8.05. The number of benzene rings is 2. The Hall–Kier alpha value is -1.78. The van der Waals surface area contributed by atoms with Gasteiger partial charge < -0.3 is 5.32 Å². The normalized spacial score (nSPS) is 10.0. The molecule has 9 heteroatoms. The molecule has 0 aliphatic rings. The minimum Gasteiger partial charge on any atom is -0.331 e. The Balaban J connectivity index is 2.09. The molecule has 0 aliphatic heterocycles. The molecule has 0 saturated heterocycles. The number of non-ortho nitro benzene ring substituents is 1. The fourth-order valence-corrected chi connectivity index (χ4v) is 2.59. The lowest BCUT2D eigenvalue weighted by atomic mass is 10.2. The largest absolute Gasteiger partial charge is 0.331 e. The molecule has 2 N–H and O–H groups in total. The fraction of sp³-hybridized carbons (Fsp3) is 0. The minimum atomic E-state index is -0.547. The van der Waals surface area contributed by atoms with Gasteiger partial charge in [0.05, 0.1) is 15.6 Å². The summed E-state index contributed by atoms with van der Waals surface area (Å²) in [5.74, 6) is -0.387. The molecule has 0 bridgehead atoms. The zero-order valence-corrected chi connectivity index (χ0v) is 15.1. The highest BCUT2D eigenvalue weighted by atomic mass is 127. The molecule has 0 heterocycles. The number of amides is 1. The summed E-state index contributed by atoms with van der Waals surface area (Å²) in [6.07, 6.45) is 0. The predicted molar refractivity (Wildman–Crippen MR) is 101 cm³/mol. The van der Waals surface area contributed by atoms with Crippen molar-refractivity contribution in [1.29, 1.82) is 0 Å². The second-order valence-electron chi connectivity index (χ2n) is 4.34. The van der Waals surface area contributed by atoms with E-state index in [1.807, 2.05) is 6.07 Å². The van der Waals surface area contributed by atoms with Gasteiger partial charge in [-0.1, -0.05) is 17.7 Å². The van der Waals surface area contributed by atoms with E-state index in [-0.39, 0.29) is 27.4 Å². The Bertz CT molecular complexity index is 801. The van der Waals surface area contributed by atoms with Crippen LogP contribution in [0.1, 0.15) is 10.4 Å². The number of nitro benzene ring substituents is 1. The maximum Gasteiger partial charge on any atom is 0.271 e. The fourth-order valence-electron chi connectivity index (χ4n) is 1.68. The number of carbonyl (C=O) groups excluding carboxylic acids is 1. The standard InChI is InChI=1S/C14H9ClIN3O3S/c15-11-5-4-10(19(21)22)7-12(11)17-14(23)18-13(20)8-2-1-3-9(16)6-8/h1-7H,(H2,17,18,20,23). The number of anilines is 1. The number of halogens is 2. The number of nitrogens with zero attached hydrogens (tertiary/aromatic N) is 1. The van der Waals surface area contributed by atoms with Gasteiger partial charge in [0.25, 0.3) is 11.6 Å². The van der Waals surface area contributed by atoms with Gasteiger partial charge in [0.15, 0.2) is 5.11 Å². The third-order valence-corrected chi connectivity index (χ3v) is 3.93. The highest BCUT2D eigenvalue weighted by Crippen LogP contribution is 2.26. The first-order chi connectivity index (χ1) is 10.9. The number of hydrogen-bond acceptors (Lipinski definition) is 4. The van der Waals surface area contributed by atoms with Crippen LogP contribution in [-0.4, -0.2) is 15.9 Å². The van der Waals surface area contributed by atoms with E-state index >= 15 is 0 Å². The predicted octanol–water partition coefficient (Wildman–Crippen LogP) is 3.98. The van der Waals surface area contributed by atoms with Crippen molar-refractivity contribution < 1.29 is 9.72 Å². The van der Waals surface area contributed by atoms with Crippen LogP contribution in [0.3, 0.4) is 0 Å². The Morgan fingerprint density at radius 1 is 1.26 bits per heavy atom. The van der Waals surface area contributed by atoms with Crippen molar-refractivity contribution in [2.45, 2.75) is 0 Å². The molecule has 0 aromatic heterocycles. The van der Waals surface area contributed by atoms with Gasteiger partial charge in [-0.25, -0.2) is 0 Å². The van der Waals surface area contributed by atoms with E-state index in [4.69, 9.17) is 23.8 Å². The van der Waals surface area contributed by atoms with Crippen molar-refractivity contribution in [3.05, 3.63) is 66.7 Å². The van der Waals surface area contributed by atoms with E-state index in [9.17, 15) is 14.9 Å². The van der Waals surface area contributed by atoms with E-state index in [1.165, 1.54) is 18.2 Å². The molecule has 2 aromatic rings. The molecule has 0 saturated carbocycles. The zero-order chi connectivity index (χ0) is 17.0. The lowest BCUT2D eigenvalue weighted by molar-refractivity contribution is -0.384. The number of carbonyl (C=O) groups is 1. The summed E-state index contributed by atoms with van der Waals surface area (Å²) in [5.41, 5.74) is 0.559. The quantitative estimate of drug-likeness (QED) is 0.313. The molecule has 0 unspecified atom stereocenters. The van der Waals surface area contributed by atoms with Gasteiger partial charge in [0, 0.05) is 21.3 Å². The van der Waals surface area contributed by atoms with Crippen LogP contribution in [0.2, 0.25) is 5.02 Å². The number of thiocarbonyl (C=S) groups is 1. The Morgan fingerprint density at radius 2 is 2.00 bits per heavy atom. The van der Waals surface area contributed by atoms with Crippen LogP contribution < -0.4 is 10.6 Å². The lowest BCUT2D eigenvalue weighted by Crippen LogP contribution is -2.34. The average molecular weight is 462 g/mol. The maximum atomic E-state index is 12.1. The van der Waals surface area contributed by atoms with E-state index < -0.39 is 4.92 Å². The summed E-state index contributed by atoms with van der Waals surface area (Å²) < 4.78 is 0.913. The van der Waals surface area contributed by atoms with Crippen molar-refractivity contribution in [2.75, 3.05) is 5.32 Å². The van der Waals surface area contributed by atoms with Gasteiger partial charge in [-0.05, 0) is 59.1 Å². The van der Waals surface area contributed by atoms with E-state index in [0.29, 0.717) is 5.56 Å². The first kappa shape index (κ1) is 17.6. The Morgan fingerprint density at radius 3 is 2.65 bits per heavy atom. The SMILES string of the molecule is O=C(NC(=S)Nc1cc([N+](=O)[O-])ccc1Cl)c1cccc(I)c1. The van der Waals surface area contributed by atoms with E-state index in [2.05, 4.69) is 33.2 Å². The Labute approximate surface area is 155 Å². The monoisotopic (exact) mass is 461 g/mol. The summed E-state index contributed by atoms with van der Waals surface area (Å²) in [5, 5.41) is 16.2. The van der Waals surface area contributed by atoms with Gasteiger partial charge in [-0.2, -0.15) is 0 Å². The van der Waals surface area contributed by atoms with Crippen molar-refractivity contribution in [1.82, 2.24) is 5.32 Å². The van der Waals surface area contributed by atoms with Crippen molar-refractivity contribution in [3.8, 4) is 0 Å². The van der Waals surface area contributed by atoms with Crippen LogP contribution in [0.4, 0.5) is 11.4 Å². The van der Waals surface area contributed by atoms with Crippen LogP contribution in [-0.2, 0) is 0 Å². The molecule has 0 atom stereocenters. The number of hydrogen-bond donors (Lipinski definition) is 2. The molecule has 2 aromatic carbocycles. The summed E-state index contributed by atoms with van der Waals surface area (Å²) in [6, 6.07) is 10.9. The van der Waals surface area contributed by atoms with Crippen molar-refractivity contribution >= 4 is 68.8 Å². The topological polar surface area (TPSA) is 84.3 Å². The third-order valence-electron chi connectivity index (χ3n) is 2.72. The average Bonchev–Trinajstić information content (AvgIpc) is 2.49. The molecule has 0 aliphatic carbocycles. The van der Waals surface area contributed by atoms with Gasteiger partial charge in [0.1, 0.15) is 0 Å². The van der Waals surface area contributed by atoms with Crippen molar-refractivity contribution in [3.63, 3.8) is 0 Å². The summed E-state index contributed by atoms with van der Waals surface area (Å²) in [4.78, 5) is 22.3. The highest BCUT2D eigenvalue weighted by Gasteiger charge is 2.13. The van der Waals surface area contributed by atoms with Gasteiger partial charge in [0.2, 0.25) is 0 Å². The second-order valence-corrected chi connectivity index (χ2v) is 6.40. The Kier molecular flexibility index (Phi) is 5.85. The van der Waals surface area contributed by atoms with E-state index in [0.717, 1.165) is 3.57 Å². The van der Waals surface area contributed by atoms with Crippen LogP contribution in [0.5, 0.6) is 0 Å². The van der Waals surface area contributed by atoms with Gasteiger partial charge in [-0.15, -0.1) is 0 Å². The summed E-state index contributed by atoms with van der Waals surface area (Å²) in [6.45, 7) is 0. The third kappa shape index (κ3) is 4.85. The molecule has 118 valence electrons. The summed E-state index contributed by atoms with van der Waals surface area (Å²) in [7, 11) is 0. The molecule has 0 radical (unpaired) electrons. The number of nitro groups is 1. The molecular weight excluding hydrogens is 453 g/mol. The smallest absolute Gasteiger partial charge is 0.271 e. The van der Waals surface area contributed by atoms with Crippen LogP contribution in [0, 0.1) is 13.7 Å². The van der Waals surface area contributed by atoms with E-state index in [1.54, 1.807) is 18.2 Å².